The Bertz CT molecular complexity index is 372. The minimum absolute atomic E-state index is 0. The molecule has 0 aliphatic heterocycles. The largest absolute Gasteiger partial charge is 0.351 e. The number of thioether (sulfide) groups is 1. The van der Waals surface area contributed by atoms with Gasteiger partial charge in [-0.3, -0.25) is 4.79 Å². The van der Waals surface area contributed by atoms with E-state index in [1.54, 1.807) is 11.8 Å². The van der Waals surface area contributed by atoms with Crippen molar-refractivity contribution in [1.29, 1.82) is 0 Å². The fourth-order valence-corrected chi connectivity index (χ4v) is 1.81. The summed E-state index contributed by atoms with van der Waals surface area (Å²) in [7, 11) is 1.87. The van der Waals surface area contributed by atoms with E-state index in [2.05, 4.69) is 10.6 Å². The highest BCUT2D eigenvalue weighted by molar-refractivity contribution is 7.98. The second-order valence-electron chi connectivity index (χ2n) is 3.54. The first-order valence-electron chi connectivity index (χ1n) is 5.26. The maximum Gasteiger partial charge on any atom is 0.251 e. The van der Waals surface area contributed by atoms with Crippen LogP contribution < -0.4 is 10.6 Å². The van der Waals surface area contributed by atoms with Crippen molar-refractivity contribution in [3.05, 3.63) is 29.3 Å². The lowest BCUT2D eigenvalue weighted by Crippen LogP contribution is -2.30. The van der Waals surface area contributed by atoms with Gasteiger partial charge in [-0.15, -0.1) is 24.2 Å². The molecule has 3 nitrogen and oxygen atoms in total. The second kappa shape index (κ2) is 8.39. The highest BCUT2D eigenvalue weighted by Gasteiger charge is 2.08. The highest BCUT2D eigenvalue weighted by Crippen LogP contribution is 2.18. The second-order valence-corrected chi connectivity index (χ2v) is 4.42. The molecule has 96 valence electrons. The molecule has 0 aliphatic carbocycles. The quantitative estimate of drug-likeness (QED) is 0.638. The van der Waals surface area contributed by atoms with Crippen LogP contribution in [-0.2, 0) is 0 Å². The average molecular weight is 275 g/mol. The number of nitrogens with one attached hydrogen (secondary N) is 2. The van der Waals surface area contributed by atoms with E-state index in [0.717, 1.165) is 22.6 Å². The Morgan fingerprint density at radius 3 is 2.65 bits per heavy atom. The third-order valence-electron chi connectivity index (χ3n) is 2.35. The van der Waals surface area contributed by atoms with Crippen LogP contribution >= 0.6 is 24.2 Å². The smallest absolute Gasteiger partial charge is 0.251 e. The molecule has 0 aromatic heterocycles. The Morgan fingerprint density at radius 2 is 2.06 bits per heavy atom. The summed E-state index contributed by atoms with van der Waals surface area (Å²) >= 11 is 1.65. The molecular weight excluding hydrogens is 256 g/mol. The Morgan fingerprint density at radius 1 is 1.35 bits per heavy atom. The lowest BCUT2D eigenvalue weighted by Gasteiger charge is -2.08. The molecule has 0 fully saturated rings. The van der Waals surface area contributed by atoms with Gasteiger partial charge in [0.2, 0.25) is 0 Å². The molecule has 0 aliphatic rings. The van der Waals surface area contributed by atoms with Crippen molar-refractivity contribution in [2.24, 2.45) is 0 Å². The Kier molecular flexibility index (Phi) is 8.04. The van der Waals surface area contributed by atoms with E-state index in [4.69, 9.17) is 0 Å². The van der Waals surface area contributed by atoms with Gasteiger partial charge in [0.25, 0.3) is 5.91 Å². The molecule has 1 amide bonds. The predicted octanol–water partition coefficient (Wildman–Crippen LogP) is 2.09. The van der Waals surface area contributed by atoms with Crippen LogP contribution in [0.2, 0.25) is 0 Å². The van der Waals surface area contributed by atoms with Gasteiger partial charge in [0.1, 0.15) is 0 Å². The van der Waals surface area contributed by atoms with Crippen LogP contribution in [0, 0.1) is 6.92 Å². The van der Waals surface area contributed by atoms with Crippen LogP contribution in [0.1, 0.15) is 15.9 Å². The average Bonchev–Trinajstić information content (AvgIpc) is 2.30. The van der Waals surface area contributed by atoms with Crippen LogP contribution in [0.5, 0.6) is 0 Å². The minimum atomic E-state index is 0. The SMILES string of the molecule is CNCCNC(=O)c1cc(SC)ccc1C.Cl. The van der Waals surface area contributed by atoms with E-state index in [1.807, 2.05) is 38.4 Å². The maximum atomic E-state index is 11.9. The number of hydrogen-bond donors (Lipinski definition) is 2. The zero-order valence-electron chi connectivity index (χ0n) is 10.4. The highest BCUT2D eigenvalue weighted by atomic mass is 35.5. The summed E-state index contributed by atoms with van der Waals surface area (Å²) in [6.45, 7) is 3.39. The number of carbonyl (C=O) groups excluding carboxylic acids is 1. The van der Waals surface area contributed by atoms with Crippen molar-refractivity contribution in [2.75, 3.05) is 26.4 Å². The van der Waals surface area contributed by atoms with Gasteiger partial charge in [-0.25, -0.2) is 0 Å². The topological polar surface area (TPSA) is 41.1 Å². The molecule has 5 heteroatoms. The molecule has 0 saturated heterocycles. The summed E-state index contributed by atoms with van der Waals surface area (Å²) in [4.78, 5) is 13.0. The van der Waals surface area contributed by atoms with E-state index in [1.165, 1.54) is 0 Å². The van der Waals surface area contributed by atoms with Crippen LogP contribution in [-0.4, -0.2) is 32.3 Å². The van der Waals surface area contributed by atoms with E-state index in [-0.39, 0.29) is 18.3 Å². The van der Waals surface area contributed by atoms with Gasteiger partial charge in [0.05, 0.1) is 0 Å². The third kappa shape index (κ3) is 4.98. The molecule has 0 saturated carbocycles. The zero-order valence-corrected chi connectivity index (χ0v) is 12.0. The molecule has 2 N–H and O–H groups in total. The molecule has 0 spiro atoms. The van der Waals surface area contributed by atoms with Crippen molar-refractivity contribution in [3.8, 4) is 0 Å². The predicted molar refractivity (Wildman–Crippen MR) is 76.5 cm³/mol. The van der Waals surface area contributed by atoms with Crippen molar-refractivity contribution >= 4 is 30.1 Å². The molecule has 1 rings (SSSR count). The van der Waals surface area contributed by atoms with Crippen molar-refractivity contribution < 1.29 is 4.79 Å². The maximum absolute atomic E-state index is 11.9. The summed E-state index contributed by atoms with van der Waals surface area (Å²) < 4.78 is 0. The monoisotopic (exact) mass is 274 g/mol. The lowest BCUT2D eigenvalue weighted by molar-refractivity contribution is 0.0953. The first-order chi connectivity index (χ1) is 7.69. The molecule has 1 aromatic carbocycles. The Balaban J connectivity index is 0.00000256. The number of amides is 1. The van der Waals surface area contributed by atoms with Crippen LogP contribution in [0.15, 0.2) is 23.1 Å². The summed E-state index contributed by atoms with van der Waals surface area (Å²) in [5, 5.41) is 5.87. The summed E-state index contributed by atoms with van der Waals surface area (Å²) in [6.07, 6.45) is 2.01. The molecule has 0 unspecified atom stereocenters. The summed E-state index contributed by atoms with van der Waals surface area (Å²) in [5.41, 5.74) is 1.78. The number of halogens is 1. The minimum Gasteiger partial charge on any atom is -0.351 e. The number of benzene rings is 1. The van der Waals surface area contributed by atoms with Gasteiger partial charge in [-0.2, -0.15) is 0 Å². The number of aryl methyl sites for hydroxylation is 1. The number of hydrogen-bond acceptors (Lipinski definition) is 3. The Labute approximate surface area is 113 Å². The number of carbonyl (C=O) groups is 1. The van der Waals surface area contributed by atoms with Gasteiger partial charge in [-0.05, 0) is 37.9 Å². The molecule has 1 aromatic rings. The zero-order chi connectivity index (χ0) is 12.0. The fraction of sp³-hybridized carbons (Fsp3) is 0.417. The van der Waals surface area contributed by atoms with Crippen LogP contribution in [0.25, 0.3) is 0 Å². The lowest BCUT2D eigenvalue weighted by atomic mass is 10.1. The molecule has 0 atom stereocenters. The third-order valence-corrected chi connectivity index (χ3v) is 3.08. The van der Waals surface area contributed by atoms with Crippen LogP contribution in [0.4, 0.5) is 0 Å². The van der Waals surface area contributed by atoms with Crippen LogP contribution in [0.3, 0.4) is 0 Å². The van der Waals surface area contributed by atoms with E-state index in [9.17, 15) is 4.79 Å². The fourth-order valence-electron chi connectivity index (χ4n) is 1.37. The van der Waals surface area contributed by atoms with E-state index >= 15 is 0 Å². The van der Waals surface area contributed by atoms with Gasteiger partial charge >= 0.3 is 0 Å². The van der Waals surface area contributed by atoms with Crippen molar-refractivity contribution in [1.82, 2.24) is 10.6 Å². The molecule has 17 heavy (non-hydrogen) atoms. The van der Waals surface area contributed by atoms with Gasteiger partial charge in [-0.1, -0.05) is 6.07 Å². The molecule has 0 bridgehead atoms. The van der Waals surface area contributed by atoms with Gasteiger partial charge in [0.15, 0.2) is 0 Å². The van der Waals surface area contributed by atoms with Gasteiger partial charge < -0.3 is 10.6 Å². The molecular formula is C12H19ClN2OS. The van der Waals surface area contributed by atoms with Crippen molar-refractivity contribution in [3.63, 3.8) is 0 Å². The first kappa shape index (κ1) is 16.3. The summed E-state index contributed by atoms with van der Waals surface area (Å²) in [6, 6.07) is 5.96. The molecule has 0 radical (unpaired) electrons. The number of likely N-dealkylation sites (N-methyl/N-ethyl adjacent to an activating group) is 1. The van der Waals surface area contributed by atoms with Gasteiger partial charge in [0, 0.05) is 23.5 Å². The number of rotatable bonds is 5. The van der Waals surface area contributed by atoms with E-state index < -0.39 is 0 Å². The first-order valence-corrected chi connectivity index (χ1v) is 6.49. The molecule has 0 heterocycles. The van der Waals surface area contributed by atoms with Crippen molar-refractivity contribution in [2.45, 2.75) is 11.8 Å². The Hall–Kier alpha value is -0.710. The van der Waals surface area contributed by atoms with E-state index in [0.29, 0.717) is 6.54 Å². The normalized spacial score (nSPS) is 9.59. The standard InChI is InChI=1S/C12H18N2OS.ClH/c1-9-4-5-10(16-3)8-11(9)12(15)14-7-6-13-2;/h4-5,8,13H,6-7H2,1-3H3,(H,14,15);1H. The summed E-state index contributed by atoms with van der Waals surface area (Å²) in [5.74, 6) is 0.00338.